The molecule has 2 unspecified atom stereocenters. The summed E-state index contributed by atoms with van der Waals surface area (Å²) in [7, 11) is 0. The number of hydrogen-bond acceptors (Lipinski definition) is 4. The molecule has 2 heterocycles. The number of carbonyl (C=O) groups is 1. The molecule has 14 heavy (non-hydrogen) atoms. The molecule has 0 spiro atoms. The number of cyclic esters (lactones) is 1. The van der Waals surface area contributed by atoms with Crippen LogP contribution in [0.3, 0.4) is 0 Å². The van der Waals surface area contributed by atoms with Gasteiger partial charge in [-0.25, -0.2) is 4.79 Å². The quantitative estimate of drug-likeness (QED) is 0.666. The second-order valence-electron chi connectivity index (χ2n) is 3.76. The van der Waals surface area contributed by atoms with Crippen LogP contribution in [-0.2, 0) is 9.47 Å². The van der Waals surface area contributed by atoms with E-state index in [9.17, 15) is 4.79 Å². The lowest BCUT2D eigenvalue weighted by molar-refractivity contribution is 0.0697. The normalized spacial score (nSPS) is 32.4. The third-order valence-corrected chi connectivity index (χ3v) is 2.55. The molecule has 0 aromatic rings. The standard InChI is InChI=1S/C9H16N2O3/c12-9-11-8(6-14-9)4-10-7-2-1-3-13-5-7/h7-8,10H,1-6H2,(H,11,12). The van der Waals surface area contributed by atoms with Gasteiger partial charge in [0.15, 0.2) is 0 Å². The fourth-order valence-electron chi connectivity index (χ4n) is 1.75. The van der Waals surface area contributed by atoms with E-state index in [4.69, 9.17) is 9.47 Å². The molecule has 0 radical (unpaired) electrons. The van der Waals surface area contributed by atoms with Gasteiger partial charge in [0, 0.05) is 19.2 Å². The van der Waals surface area contributed by atoms with E-state index in [0.717, 1.165) is 32.6 Å². The molecule has 0 aliphatic carbocycles. The average molecular weight is 200 g/mol. The molecule has 2 rings (SSSR count). The lowest BCUT2D eigenvalue weighted by atomic mass is 10.1. The molecule has 2 atom stereocenters. The van der Waals surface area contributed by atoms with Crippen molar-refractivity contribution in [2.45, 2.75) is 24.9 Å². The zero-order chi connectivity index (χ0) is 9.80. The van der Waals surface area contributed by atoms with Gasteiger partial charge in [-0.1, -0.05) is 0 Å². The zero-order valence-corrected chi connectivity index (χ0v) is 8.12. The molecule has 5 heteroatoms. The Morgan fingerprint density at radius 1 is 1.50 bits per heavy atom. The van der Waals surface area contributed by atoms with Crippen molar-refractivity contribution in [1.29, 1.82) is 0 Å². The molecule has 2 fully saturated rings. The maximum atomic E-state index is 10.7. The monoisotopic (exact) mass is 200 g/mol. The molecule has 0 aromatic heterocycles. The Kier molecular flexibility index (Phi) is 3.21. The molecular weight excluding hydrogens is 184 g/mol. The largest absolute Gasteiger partial charge is 0.447 e. The van der Waals surface area contributed by atoms with Crippen LogP contribution >= 0.6 is 0 Å². The van der Waals surface area contributed by atoms with Gasteiger partial charge in [-0.2, -0.15) is 0 Å². The van der Waals surface area contributed by atoms with E-state index < -0.39 is 0 Å². The number of rotatable bonds is 3. The van der Waals surface area contributed by atoms with E-state index >= 15 is 0 Å². The molecular formula is C9H16N2O3. The van der Waals surface area contributed by atoms with Crippen molar-refractivity contribution in [2.24, 2.45) is 0 Å². The van der Waals surface area contributed by atoms with Crippen LogP contribution in [0.15, 0.2) is 0 Å². The Morgan fingerprint density at radius 2 is 2.43 bits per heavy atom. The first-order valence-corrected chi connectivity index (χ1v) is 5.09. The minimum absolute atomic E-state index is 0.115. The van der Waals surface area contributed by atoms with Gasteiger partial charge in [0.1, 0.15) is 6.61 Å². The highest BCUT2D eigenvalue weighted by Crippen LogP contribution is 2.06. The van der Waals surface area contributed by atoms with Gasteiger partial charge in [-0.05, 0) is 12.8 Å². The minimum atomic E-state index is -0.309. The topological polar surface area (TPSA) is 59.6 Å². The van der Waals surface area contributed by atoms with Crippen molar-refractivity contribution in [3.05, 3.63) is 0 Å². The first-order valence-electron chi connectivity index (χ1n) is 5.09. The van der Waals surface area contributed by atoms with Gasteiger partial charge in [-0.3, -0.25) is 0 Å². The second-order valence-corrected chi connectivity index (χ2v) is 3.76. The Hall–Kier alpha value is -0.810. The summed E-state index contributed by atoms with van der Waals surface area (Å²) < 4.78 is 10.1. The third kappa shape index (κ3) is 2.59. The molecule has 2 aliphatic heterocycles. The van der Waals surface area contributed by atoms with E-state index in [1.807, 2.05) is 0 Å². The van der Waals surface area contributed by atoms with Crippen molar-refractivity contribution in [3.8, 4) is 0 Å². The number of alkyl carbamates (subject to hydrolysis) is 1. The van der Waals surface area contributed by atoms with Crippen LogP contribution in [0.25, 0.3) is 0 Å². The maximum Gasteiger partial charge on any atom is 0.407 e. The molecule has 0 bridgehead atoms. The fourth-order valence-corrected chi connectivity index (χ4v) is 1.75. The van der Waals surface area contributed by atoms with Gasteiger partial charge in [0.25, 0.3) is 0 Å². The highest BCUT2D eigenvalue weighted by molar-refractivity contribution is 5.69. The van der Waals surface area contributed by atoms with Crippen molar-refractivity contribution in [1.82, 2.24) is 10.6 Å². The van der Waals surface area contributed by atoms with Crippen LogP contribution in [0.2, 0.25) is 0 Å². The number of carbonyl (C=O) groups excluding carboxylic acids is 1. The lowest BCUT2D eigenvalue weighted by Crippen LogP contribution is -2.44. The van der Waals surface area contributed by atoms with Gasteiger partial charge < -0.3 is 20.1 Å². The van der Waals surface area contributed by atoms with Crippen molar-refractivity contribution >= 4 is 6.09 Å². The van der Waals surface area contributed by atoms with Crippen LogP contribution in [-0.4, -0.2) is 44.5 Å². The van der Waals surface area contributed by atoms with Crippen molar-refractivity contribution in [2.75, 3.05) is 26.4 Å². The fraction of sp³-hybridized carbons (Fsp3) is 0.889. The summed E-state index contributed by atoms with van der Waals surface area (Å²) in [6.07, 6.45) is 1.96. The molecule has 80 valence electrons. The summed E-state index contributed by atoms with van der Waals surface area (Å²) in [5.74, 6) is 0. The highest BCUT2D eigenvalue weighted by Gasteiger charge is 2.23. The average Bonchev–Trinajstić information content (AvgIpc) is 2.63. The summed E-state index contributed by atoms with van der Waals surface area (Å²) in [6.45, 7) is 2.89. The van der Waals surface area contributed by atoms with Gasteiger partial charge >= 0.3 is 6.09 Å². The SMILES string of the molecule is O=C1NC(CNC2CCCOC2)CO1. The van der Waals surface area contributed by atoms with Gasteiger partial charge in [-0.15, -0.1) is 0 Å². The Balaban J connectivity index is 1.63. The Bertz CT molecular complexity index is 204. The number of ether oxygens (including phenoxy) is 2. The van der Waals surface area contributed by atoms with Crippen LogP contribution < -0.4 is 10.6 Å². The summed E-state index contributed by atoms with van der Waals surface area (Å²) in [5.41, 5.74) is 0. The maximum absolute atomic E-state index is 10.7. The number of nitrogens with one attached hydrogen (secondary N) is 2. The van der Waals surface area contributed by atoms with Gasteiger partial charge in [0.2, 0.25) is 0 Å². The molecule has 2 N–H and O–H groups in total. The molecule has 1 amide bonds. The lowest BCUT2D eigenvalue weighted by Gasteiger charge is -2.24. The smallest absolute Gasteiger partial charge is 0.407 e. The van der Waals surface area contributed by atoms with Crippen LogP contribution in [0, 0.1) is 0 Å². The summed E-state index contributed by atoms with van der Waals surface area (Å²) in [6, 6.07) is 0.547. The predicted octanol–water partition coefficient (Wildman–Crippen LogP) is -0.137. The Morgan fingerprint density at radius 3 is 3.07 bits per heavy atom. The highest BCUT2D eigenvalue weighted by atomic mass is 16.6. The first-order chi connectivity index (χ1) is 6.84. The van der Waals surface area contributed by atoms with Crippen LogP contribution in [0.5, 0.6) is 0 Å². The van der Waals surface area contributed by atoms with Gasteiger partial charge in [0.05, 0.1) is 12.6 Å². The Labute approximate surface area is 83.1 Å². The summed E-state index contributed by atoms with van der Waals surface area (Å²) >= 11 is 0. The number of hydrogen-bond donors (Lipinski definition) is 2. The molecule has 0 aromatic carbocycles. The molecule has 2 saturated heterocycles. The summed E-state index contributed by atoms with van der Waals surface area (Å²) in [5, 5.41) is 6.09. The first kappa shape index (κ1) is 9.73. The van der Waals surface area contributed by atoms with Crippen molar-refractivity contribution in [3.63, 3.8) is 0 Å². The van der Waals surface area contributed by atoms with E-state index in [1.165, 1.54) is 0 Å². The summed E-state index contributed by atoms with van der Waals surface area (Å²) in [4.78, 5) is 10.7. The molecule has 2 aliphatic rings. The zero-order valence-electron chi connectivity index (χ0n) is 8.12. The van der Waals surface area contributed by atoms with Crippen LogP contribution in [0.4, 0.5) is 4.79 Å². The van der Waals surface area contributed by atoms with E-state index in [0.29, 0.717) is 12.6 Å². The van der Waals surface area contributed by atoms with Crippen LogP contribution in [0.1, 0.15) is 12.8 Å². The molecule has 0 saturated carbocycles. The van der Waals surface area contributed by atoms with E-state index in [1.54, 1.807) is 0 Å². The second kappa shape index (κ2) is 4.61. The van der Waals surface area contributed by atoms with Crippen molar-refractivity contribution < 1.29 is 14.3 Å². The van der Waals surface area contributed by atoms with E-state index in [-0.39, 0.29) is 12.1 Å². The third-order valence-electron chi connectivity index (χ3n) is 2.55. The predicted molar refractivity (Wildman–Crippen MR) is 50.1 cm³/mol. The molecule has 5 nitrogen and oxygen atoms in total. The van der Waals surface area contributed by atoms with E-state index in [2.05, 4.69) is 10.6 Å². The minimum Gasteiger partial charge on any atom is -0.447 e. The number of amides is 1.